The van der Waals surface area contributed by atoms with E-state index in [0.717, 1.165) is 11.8 Å². The maximum absolute atomic E-state index is 4.82. The third kappa shape index (κ3) is 6.68. The van der Waals surface area contributed by atoms with Gasteiger partial charge in [-0.3, -0.25) is 0 Å². The summed E-state index contributed by atoms with van der Waals surface area (Å²) < 4.78 is 2.46. The van der Waals surface area contributed by atoms with Crippen LogP contribution >= 0.6 is 0 Å². The van der Waals surface area contributed by atoms with Crippen molar-refractivity contribution in [1.29, 1.82) is 0 Å². The zero-order valence-electron chi connectivity index (χ0n) is 24.8. The molecular weight excluding hydrogens is 478 g/mol. The van der Waals surface area contributed by atoms with Crippen LogP contribution in [0.2, 0.25) is 0 Å². The minimum atomic E-state index is 0.459. The SMILES string of the molecule is [CH2-][n+]1c2c3cc4c1C(CCC4)NC1CCCCC1CCNCCCCNCCC1CCCCC1NC2CCC3. The Bertz CT molecular complexity index is 860. The summed E-state index contributed by atoms with van der Waals surface area (Å²) in [7, 11) is 4.82. The van der Waals surface area contributed by atoms with E-state index >= 15 is 0 Å². The van der Waals surface area contributed by atoms with Crippen molar-refractivity contribution in [1.82, 2.24) is 21.3 Å². The maximum Gasteiger partial charge on any atom is 0.102 e. The molecule has 2 heterocycles. The van der Waals surface area contributed by atoms with Crippen molar-refractivity contribution >= 4 is 0 Å². The van der Waals surface area contributed by atoms with Crippen LogP contribution in [0.4, 0.5) is 0 Å². The van der Waals surface area contributed by atoms with E-state index in [1.807, 2.05) is 0 Å². The van der Waals surface area contributed by atoms with Crippen molar-refractivity contribution in [2.45, 2.75) is 140 Å². The van der Waals surface area contributed by atoms with Crippen LogP contribution in [-0.2, 0) is 12.8 Å². The molecule has 39 heavy (non-hydrogen) atoms. The van der Waals surface area contributed by atoms with Crippen LogP contribution in [0.5, 0.6) is 0 Å². The molecule has 0 saturated heterocycles. The smallest absolute Gasteiger partial charge is 0.102 e. The van der Waals surface area contributed by atoms with E-state index < -0.39 is 0 Å². The Morgan fingerprint density at radius 1 is 0.538 bits per heavy atom. The molecule has 5 nitrogen and oxygen atoms in total. The summed E-state index contributed by atoms with van der Waals surface area (Å²) in [6.45, 7) is 4.70. The van der Waals surface area contributed by atoms with Crippen LogP contribution < -0.4 is 25.8 Å². The first-order chi connectivity index (χ1) is 19.3. The summed E-state index contributed by atoms with van der Waals surface area (Å²) in [6, 6.07) is 4.85. The van der Waals surface area contributed by atoms with Gasteiger partial charge in [-0.1, -0.05) is 31.7 Å². The first-order valence-corrected chi connectivity index (χ1v) is 17.1. The van der Waals surface area contributed by atoms with Gasteiger partial charge >= 0.3 is 0 Å². The van der Waals surface area contributed by atoms with Gasteiger partial charge < -0.3 is 25.8 Å². The number of pyridine rings is 1. The Balaban J connectivity index is 1.28. The molecule has 1 aromatic heterocycles. The van der Waals surface area contributed by atoms with Crippen LogP contribution in [0.15, 0.2) is 6.07 Å². The number of hydrogen-bond acceptors (Lipinski definition) is 4. The highest BCUT2D eigenvalue weighted by Crippen LogP contribution is 2.37. The lowest BCUT2D eigenvalue weighted by Crippen LogP contribution is -2.52. The molecule has 4 aliphatic carbocycles. The third-order valence-electron chi connectivity index (χ3n) is 11.1. The number of nitrogens with zero attached hydrogens (tertiary/aromatic N) is 1. The minimum Gasteiger partial charge on any atom is -0.331 e. The second-order valence-corrected chi connectivity index (χ2v) is 13.7. The second kappa shape index (κ2) is 13.7. The van der Waals surface area contributed by atoms with Gasteiger partial charge in [0.2, 0.25) is 0 Å². The van der Waals surface area contributed by atoms with E-state index in [-0.39, 0.29) is 0 Å². The molecule has 0 radical (unpaired) electrons. The Labute approximate surface area is 239 Å². The van der Waals surface area contributed by atoms with E-state index in [2.05, 4.69) is 31.9 Å². The lowest BCUT2D eigenvalue weighted by Gasteiger charge is -2.41. The van der Waals surface area contributed by atoms with E-state index in [9.17, 15) is 0 Å². The average Bonchev–Trinajstić information content (AvgIpc) is 2.95. The molecule has 5 aliphatic rings. The monoisotopic (exact) mass is 535 g/mol. The largest absolute Gasteiger partial charge is 0.331 e. The highest BCUT2D eigenvalue weighted by Gasteiger charge is 2.35. The molecule has 5 heteroatoms. The molecule has 0 spiro atoms. The Morgan fingerprint density at radius 3 is 1.54 bits per heavy atom. The first kappa shape index (κ1) is 28.0. The van der Waals surface area contributed by atoms with Gasteiger partial charge in [-0.15, -0.1) is 0 Å². The number of fused-ring (bicyclic) bond motifs is 2. The quantitative estimate of drug-likeness (QED) is 0.265. The summed E-state index contributed by atoms with van der Waals surface area (Å²) >= 11 is 0. The number of aromatic nitrogens is 1. The summed E-state index contributed by atoms with van der Waals surface area (Å²) in [5.41, 5.74) is 6.21. The molecule has 2 saturated carbocycles. The fourth-order valence-electron chi connectivity index (χ4n) is 9.04. The fourth-order valence-corrected chi connectivity index (χ4v) is 9.04. The predicted octanol–water partition coefficient (Wildman–Crippen LogP) is 5.42. The molecule has 0 aromatic carbocycles. The van der Waals surface area contributed by atoms with E-state index in [0.29, 0.717) is 24.2 Å². The van der Waals surface area contributed by atoms with Gasteiger partial charge in [-0.2, -0.15) is 0 Å². The van der Waals surface area contributed by atoms with Gasteiger partial charge in [0, 0.05) is 31.2 Å². The van der Waals surface area contributed by atoms with Crippen molar-refractivity contribution < 1.29 is 4.57 Å². The number of hydrogen-bond donors (Lipinski definition) is 4. The van der Waals surface area contributed by atoms with Crippen LogP contribution in [0.1, 0.15) is 137 Å². The number of aryl methyl sites for hydroxylation is 2. The molecular formula is C34H57N5. The van der Waals surface area contributed by atoms with Crippen molar-refractivity contribution in [3.05, 3.63) is 35.6 Å². The summed E-state index contributed by atoms with van der Waals surface area (Å²) in [5, 5.41) is 16.1. The predicted molar refractivity (Wildman–Crippen MR) is 161 cm³/mol. The molecule has 1 aliphatic heterocycles. The van der Waals surface area contributed by atoms with Crippen LogP contribution in [-0.4, -0.2) is 38.3 Å². The molecule has 6 unspecified atom stereocenters. The molecule has 218 valence electrons. The minimum absolute atomic E-state index is 0.459. The molecule has 1 aromatic rings. The lowest BCUT2D eigenvalue weighted by molar-refractivity contribution is -0.635. The van der Waals surface area contributed by atoms with Gasteiger partial charge in [-0.25, -0.2) is 0 Å². The fraction of sp³-hybridized carbons (Fsp3) is 0.824. The maximum atomic E-state index is 4.82. The van der Waals surface area contributed by atoms with Gasteiger partial charge in [0.1, 0.15) is 11.4 Å². The van der Waals surface area contributed by atoms with Crippen LogP contribution in [0, 0.1) is 18.9 Å². The number of rotatable bonds is 0. The second-order valence-electron chi connectivity index (χ2n) is 13.7. The van der Waals surface area contributed by atoms with Crippen molar-refractivity contribution in [2.24, 2.45) is 11.8 Å². The molecule has 6 rings (SSSR count). The highest BCUT2D eigenvalue weighted by molar-refractivity contribution is 5.33. The van der Waals surface area contributed by atoms with Gasteiger partial charge in [0.05, 0.1) is 0 Å². The molecule has 2 fully saturated rings. The normalized spacial score (nSPS) is 35.2. The lowest BCUT2D eigenvalue weighted by atomic mass is 9.79. The highest BCUT2D eigenvalue weighted by atomic mass is 15.1. The summed E-state index contributed by atoms with van der Waals surface area (Å²) in [4.78, 5) is 0. The topological polar surface area (TPSA) is 52.0 Å². The van der Waals surface area contributed by atoms with Gasteiger partial charge in [0.25, 0.3) is 0 Å². The van der Waals surface area contributed by atoms with Crippen molar-refractivity contribution in [3.8, 4) is 0 Å². The third-order valence-corrected chi connectivity index (χ3v) is 11.1. The van der Waals surface area contributed by atoms with Crippen LogP contribution in [0.3, 0.4) is 0 Å². The Morgan fingerprint density at radius 2 is 1.03 bits per heavy atom. The zero-order chi connectivity index (χ0) is 26.4. The Hall–Kier alpha value is -1.14. The van der Waals surface area contributed by atoms with Crippen molar-refractivity contribution in [2.75, 3.05) is 26.2 Å². The van der Waals surface area contributed by atoms with E-state index in [1.165, 1.54) is 153 Å². The van der Waals surface area contributed by atoms with Crippen LogP contribution in [0.25, 0.3) is 0 Å². The summed E-state index contributed by atoms with van der Waals surface area (Å²) in [6.07, 6.45) is 23.9. The average molecular weight is 536 g/mol. The molecule has 0 amide bonds. The number of nitrogens with one attached hydrogen (secondary N) is 4. The first-order valence-electron chi connectivity index (χ1n) is 17.1. The van der Waals surface area contributed by atoms with Gasteiger partial charge in [-0.05, 0) is 139 Å². The Kier molecular flexibility index (Phi) is 9.82. The summed E-state index contributed by atoms with van der Waals surface area (Å²) in [5.74, 6) is 1.61. The standard InChI is InChI=1S/C34H57N5/c1-39-33-27-12-8-16-31(33)37-29-14-4-2-10-25(29)18-22-35-20-6-7-21-36-23-19-26-11-3-5-15-30(26)38-32-17-9-13-28(24-27)34(32)39/h24-26,29-32,35-38H,1-23H2. The van der Waals surface area contributed by atoms with E-state index in [4.69, 9.17) is 7.05 Å². The molecule has 6 atom stereocenters. The molecule has 4 N–H and O–H groups in total. The van der Waals surface area contributed by atoms with E-state index in [1.54, 1.807) is 11.1 Å². The zero-order valence-corrected chi connectivity index (χ0v) is 24.8. The van der Waals surface area contributed by atoms with Crippen molar-refractivity contribution in [3.63, 3.8) is 0 Å². The molecule has 2 bridgehead atoms. The van der Waals surface area contributed by atoms with Gasteiger partial charge in [0.15, 0.2) is 0 Å².